The lowest BCUT2D eigenvalue weighted by molar-refractivity contribution is 0.121. The first-order chi connectivity index (χ1) is 7.41. The van der Waals surface area contributed by atoms with Crippen LogP contribution in [0.2, 0.25) is 0 Å². The van der Waals surface area contributed by atoms with Crippen LogP contribution in [0.4, 0.5) is 0 Å². The van der Waals surface area contributed by atoms with Crippen LogP contribution in [0, 0.1) is 6.92 Å². The molecule has 0 unspecified atom stereocenters. The summed E-state index contributed by atoms with van der Waals surface area (Å²) in [5.41, 5.74) is 3.38. The first kappa shape index (κ1) is 13.0. The molecule has 90 valence electrons. The van der Waals surface area contributed by atoms with Gasteiger partial charge in [0.2, 0.25) is 0 Å². The highest BCUT2D eigenvalue weighted by atomic mass is 16.6. The molecule has 1 aromatic carbocycles. The zero-order chi connectivity index (χ0) is 12.3. The summed E-state index contributed by atoms with van der Waals surface area (Å²) in [6.07, 6.45) is 0. The zero-order valence-corrected chi connectivity index (χ0v) is 10.8. The average Bonchev–Trinajstić information content (AvgIpc) is 2.19. The van der Waals surface area contributed by atoms with Gasteiger partial charge >= 0.3 is 0 Å². The summed E-state index contributed by atoms with van der Waals surface area (Å²) >= 11 is 0. The lowest BCUT2D eigenvalue weighted by Crippen LogP contribution is -2.15. The Morgan fingerprint density at radius 1 is 1.25 bits per heavy atom. The van der Waals surface area contributed by atoms with E-state index in [9.17, 15) is 0 Å². The first-order valence-electron chi connectivity index (χ1n) is 5.40. The van der Waals surface area contributed by atoms with E-state index in [-0.39, 0.29) is 5.41 Å². The Bertz CT molecular complexity index is 367. The molecule has 0 spiro atoms. The van der Waals surface area contributed by atoms with Crippen molar-refractivity contribution in [2.75, 3.05) is 7.11 Å². The van der Waals surface area contributed by atoms with E-state index in [0.717, 1.165) is 16.9 Å². The molecule has 0 fully saturated rings. The Morgan fingerprint density at radius 3 is 2.31 bits per heavy atom. The van der Waals surface area contributed by atoms with E-state index >= 15 is 0 Å². The molecule has 0 aliphatic rings. The molecule has 1 rings (SSSR count). The molecule has 0 aliphatic heterocycles. The normalized spacial score (nSPS) is 11.6. The minimum Gasteiger partial charge on any atom is -0.496 e. The highest BCUT2D eigenvalue weighted by Crippen LogP contribution is 2.35. The summed E-state index contributed by atoms with van der Waals surface area (Å²) in [4.78, 5) is 4.74. The van der Waals surface area contributed by atoms with Gasteiger partial charge in [-0.2, -0.15) is 0 Å². The van der Waals surface area contributed by atoms with E-state index in [1.165, 1.54) is 5.56 Å². The van der Waals surface area contributed by atoms with Gasteiger partial charge in [0.1, 0.15) is 5.75 Å². The lowest BCUT2D eigenvalue weighted by Gasteiger charge is -2.24. The fraction of sp³-hybridized carbons (Fsp3) is 0.538. The summed E-state index contributed by atoms with van der Waals surface area (Å²) < 4.78 is 5.50. The van der Waals surface area contributed by atoms with Crippen LogP contribution in [0.3, 0.4) is 0 Å². The Labute approximate surface area is 97.5 Å². The third-order valence-corrected chi connectivity index (χ3v) is 2.73. The van der Waals surface area contributed by atoms with Crippen LogP contribution in [0.25, 0.3) is 0 Å². The van der Waals surface area contributed by atoms with E-state index in [1.54, 1.807) is 7.11 Å². The van der Waals surface area contributed by atoms with Crippen molar-refractivity contribution >= 4 is 0 Å². The van der Waals surface area contributed by atoms with Crippen molar-refractivity contribution in [2.24, 2.45) is 5.90 Å². The summed E-state index contributed by atoms with van der Waals surface area (Å²) in [7, 11) is 1.68. The van der Waals surface area contributed by atoms with Gasteiger partial charge in [0.05, 0.1) is 13.7 Å². The number of hydrogen-bond donors (Lipinski definition) is 1. The molecule has 0 amide bonds. The number of aryl methyl sites for hydroxylation is 1. The van der Waals surface area contributed by atoms with Crippen molar-refractivity contribution in [3.05, 3.63) is 28.8 Å². The highest BCUT2D eigenvalue weighted by Gasteiger charge is 2.21. The van der Waals surface area contributed by atoms with Gasteiger partial charge in [0.15, 0.2) is 0 Å². The summed E-state index contributed by atoms with van der Waals surface area (Å²) in [5, 5.41) is 0. The summed E-state index contributed by atoms with van der Waals surface area (Å²) in [6, 6.07) is 4.19. The van der Waals surface area contributed by atoms with Gasteiger partial charge in [-0.1, -0.05) is 32.9 Å². The smallest absolute Gasteiger partial charge is 0.128 e. The zero-order valence-electron chi connectivity index (χ0n) is 10.8. The number of ether oxygens (including phenoxy) is 1. The Morgan fingerprint density at radius 2 is 1.88 bits per heavy atom. The number of methoxy groups -OCH3 is 1. The molecule has 0 saturated heterocycles. The van der Waals surface area contributed by atoms with Crippen molar-refractivity contribution in [2.45, 2.75) is 39.7 Å². The molecule has 0 bridgehead atoms. The van der Waals surface area contributed by atoms with Crippen LogP contribution in [-0.4, -0.2) is 7.11 Å². The topological polar surface area (TPSA) is 44.5 Å². The molecular formula is C13H21NO2. The second kappa shape index (κ2) is 4.85. The molecule has 0 aromatic heterocycles. The van der Waals surface area contributed by atoms with Crippen LogP contribution >= 0.6 is 0 Å². The molecule has 16 heavy (non-hydrogen) atoms. The Hall–Kier alpha value is -1.06. The first-order valence-corrected chi connectivity index (χ1v) is 5.40. The number of rotatable bonds is 3. The van der Waals surface area contributed by atoms with Gasteiger partial charge in [-0.25, -0.2) is 5.90 Å². The average molecular weight is 223 g/mol. The maximum atomic E-state index is 5.50. The SMILES string of the molecule is COc1c(C(C)(C)C)ccc(C)c1CON. The quantitative estimate of drug-likeness (QED) is 0.801. The molecule has 2 N–H and O–H groups in total. The molecule has 0 atom stereocenters. The second-order valence-electron chi connectivity index (χ2n) is 5.00. The summed E-state index contributed by atoms with van der Waals surface area (Å²) in [6.45, 7) is 8.88. The van der Waals surface area contributed by atoms with Crippen molar-refractivity contribution in [3.8, 4) is 5.75 Å². The van der Waals surface area contributed by atoms with Gasteiger partial charge in [0.25, 0.3) is 0 Å². The van der Waals surface area contributed by atoms with Crippen LogP contribution in [-0.2, 0) is 16.9 Å². The van der Waals surface area contributed by atoms with Crippen molar-refractivity contribution < 1.29 is 9.57 Å². The monoisotopic (exact) mass is 223 g/mol. The van der Waals surface area contributed by atoms with Crippen LogP contribution < -0.4 is 10.6 Å². The molecule has 1 aromatic rings. The minimum absolute atomic E-state index is 0.0440. The predicted octanol–water partition coefficient (Wildman–Crippen LogP) is 2.69. The third kappa shape index (κ3) is 2.54. The van der Waals surface area contributed by atoms with E-state index < -0.39 is 0 Å². The van der Waals surface area contributed by atoms with Gasteiger partial charge in [0, 0.05) is 5.56 Å². The van der Waals surface area contributed by atoms with Crippen LogP contribution in [0.15, 0.2) is 12.1 Å². The van der Waals surface area contributed by atoms with E-state index in [2.05, 4.69) is 32.9 Å². The van der Waals surface area contributed by atoms with Crippen molar-refractivity contribution in [1.29, 1.82) is 0 Å². The molecule has 0 heterocycles. The molecular weight excluding hydrogens is 202 g/mol. The van der Waals surface area contributed by atoms with E-state index in [0.29, 0.717) is 6.61 Å². The maximum Gasteiger partial charge on any atom is 0.128 e. The molecule has 3 nitrogen and oxygen atoms in total. The number of hydrogen-bond acceptors (Lipinski definition) is 3. The maximum absolute atomic E-state index is 5.50. The summed E-state index contributed by atoms with van der Waals surface area (Å²) in [5.74, 6) is 6.04. The van der Waals surface area contributed by atoms with Gasteiger partial charge < -0.3 is 4.74 Å². The van der Waals surface area contributed by atoms with E-state index in [1.807, 2.05) is 6.92 Å². The number of benzene rings is 1. The van der Waals surface area contributed by atoms with Crippen molar-refractivity contribution in [1.82, 2.24) is 0 Å². The van der Waals surface area contributed by atoms with Crippen LogP contribution in [0.5, 0.6) is 5.75 Å². The highest BCUT2D eigenvalue weighted by molar-refractivity contribution is 5.48. The van der Waals surface area contributed by atoms with Gasteiger partial charge in [-0.15, -0.1) is 0 Å². The standard InChI is InChI=1S/C13H21NO2/c1-9-6-7-11(13(2,3)4)12(15-5)10(9)8-16-14/h6-7H,8,14H2,1-5H3. The van der Waals surface area contributed by atoms with E-state index in [4.69, 9.17) is 15.5 Å². The van der Waals surface area contributed by atoms with Crippen LogP contribution in [0.1, 0.15) is 37.5 Å². The fourth-order valence-corrected chi connectivity index (χ4v) is 1.81. The van der Waals surface area contributed by atoms with Crippen molar-refractivity contribution in [3.63, 3.8) is 0 Å². The Kier molecular flexibility index (Phi) is 3.94. The Balaban J connectivity index is 3.37. The largest absolute Gasteiger partial charge is 0.496 e. The number of nitrogens with two attached hydrogens (primary N) is 1. The molecule has 0 radical (unpaired) electrons. The molecule has 0 saturated carbocycles. The second-order valence-corrected chi connectivity index (χ2v) is 5.00. The molecule has 3 heteroatoms. The van der Waals surface area contributed by atoms with Gasteiger partial charge in [-0.05, 0) is 23.5 Å². The predicted molar refractivity (Wildman–Crippen MR) is 65.4 cm³/mol. The fourth-order valence-electron chi connectivity index (χ4n) is 1.81. The minimum atomic E-state index is 0.0440. The lowest BCUT2D eigenvalue weighted by atomic mass is 9.84. The van der Waals surface area contributed by atoms with Gasteiger partial charge in [-0.3, -0.25) is 4.84 Å². The molecule has 0 aliphatic carbocycles. The third-order valence-electron chi connectivity index (χ3n) is 2.73.